The van der Waals surface area contributed by atoms with Gasteiger partial charge in [0.15, 0.2) is 11.3 Å². The number of rotatable bonds is 7. The number of benzene rings is 2. The highest BCUT2D eigenvalue weighted by Crippen LogP contribution is 2.47. The van der Waals surface area contributed by atoms with Gasteiger partial charge < -0.3 is 13.9 Å². The molecule has 0 saturated carbocycles. The summed E-state index contributed by atoms with van der Waals surface area (Å²) in [4.78, 5) is 0. The first-order chi connectivity index (χ1) is 15.9. The zero-order valence-corrected chi connectivity index (χ0v) is 20.6. The van der Waals surface area contributed by atoms with E-state index in [1.807, 2.05) is 13.2 Å². The molecule has 0 aliphatic heterocycles. The van der Waals surface area contributed by atoms with Crippen molar-refractivity contribution in [2.45, 2.75) is 67.2 Å². The topological polar surface area (TPSA) is 46.5 Å². The largest absolute Gasteiger partial charge is 0.504 e. The fourth-order valence-electron chi connectivity index (χ4n) is 5.08. The van der Waals surface area contributed by atoms with Gasteiger partial charge >= 0.3 is 0 Å². The SMILES string of the molecule is CC=CCCc1cc2occ(C)c2c(-c2c(C)c(CCC=CC)c(O)c3occ(C)c23)c1C. The van der Waals surface area contributed by atoms with Gasteiger partial charge in [-0.3, -0.25) is 0 Å². The molecule has 33 heavy (non-hydrogen) atoms. The van der Waals surface area contributed by atoms with Gasteiger partial charge in [0.2, 0.25) is 0 Å². The molecule has 0 aliphatic rings. The smallest absolute Gasteiger partial charge is 0.176 e. The highest BCUT2D eigenvalue weighted by Gasteiger charge is 2.25. The normalized spacial score (nSPS) is 12.3. The van der Waals surface area contributed by atoms with Crippen molar-refractivity contribution in [3.05, 3.63) is 76.3 Å². The van der Waals surface area contributed by atoms with Crippen LogP contribution in [-0.2, 0) is 12.8 Å². The van der Waals surface area contributed by atoms with Crippen molar-refractivity contribution in [3.8, 4) is 16.9 Å². The quantitative estimate of drug-likeness (QED) is 0.291. The number of aryl methyl sites for hydroxylation is 3. The van der Waals surface area contributed by atoms with Crippen molar-refractivity contribution >= 4 is 21.9 Å². The summed E-state index contributed by atoms with van der Waals surface area (Å²) in [5.41, 5.74) is 10.7. The van der Waals surface area contributed by atoms with Crippen LogP contribution in [0.3, 0.4) is 0 Å². The molecule has 0 spiro atoms. The summed E-state index contributed by atoms with van der Waals surface area (Å²) in [5.74, 6) is 0.269. The van der Waals surface area contributed by atoms with Crippen molar-refractivity contribution in [1.82, 2.24) is 0 Å². The maximum Gasteiger partial charge on any atom is 0.176 e. The molecule has 0 bridgehead atoms. The number of phenolic OH excluding ortho intramolecular Hbond substituents is 1. The van der Waals surface area contributed by atoms with Crippen LogP contribution in [0.1, 0.15) is 60.1 Å². The Kier molecular flexibility index (Phi) is 6.51. The number of fused-ring (bicyclic) bond motifs is 2. The Morgan fingerprint density at radius 1 is 0.788 bits per heavy atom. The van der Waals surface area contributed by atoms with Gasteiger partial charge in [-0.2, -0.15) is 0 Å². The third kappa shape index (κ3) is 3.90. The first kappa shape index (κ1) is 23.0. The Labute approximate surface area is 196 Å². The minimum atomic E-state index is 0.269. The highest BCUT2D eigenvalue weighted by atomic mass is 16.3. The summed E-state index contributed by atoms with van der Waals surface area (Å²) in [5, 5.41) is 13.3. The van der Waals surface area contributed by atoms with E-state index in [-0.39, 0.29) is 5.75 Å². The maximum atomic E-state index is 11.2. The standard InChI is InChI=1S/C30H34O3/c1-7-9-11-13-22-15-24-25(18(3)16-32-24)27(20(22)5)28-21(6)23(14-12-10-8-2)29(31)30-26(28)19(4)17-33-30/h7-10,15-17,31H,11-14H2,1-6H3. The Hall–Kier alpha value is -3.20. The van der Waals surface area contributed by atoms with Gasteiger partial charge in [0.05, 0.1) is 12.5 Å². The summed E-state index contributed by atoms with van der Waals surface area (Å²) >= 11 is 0. The number of phenols is 1. The molecule has 0 saturated heterocycles. The van der Waals surface area contributed by atoms with Gasteiger partial charge in [0.1, 0.15) is 5.58 Å². The fraction of sp³-hybridized carbons (Fsp3) is 0.333. The zero-order chi connectivity index (χ0) is 23.7. The van der Waals surface area contributed by atoms with E-state index in [1.165, 1.54) is 16.7 Å². The van der Waals surface area contributed by atoms with Gasteiger partial charge in [-0.1, -0.05) is 24.3 Å². The van der Waals surface area contributed by atoms with Crippen molar-refractivity contribution < 1.29 is 13.9 Å². The molecule has 2 aromatic carbocycles. The van der Waals surface area contributed by atoms with Crippen LogP contribution in [0.2, 0.25) is 0 Å². The predicted molar refractivity (Wildman–Crippen MR) is 138 cm³/mol. The monoisotopic (exact) mass is 442 g/mol. The van der Waals surface area contributed by atoms with Crippen LogP contribution < -0.4 is 0 Å². The lowest BCUT2D eigenvalue weighted by atomic mass is 9.83. The van der Waals surface area contributed by atoms with Crippen molar-refractivity contribution in [2.24, 2.45) is 0 Å². The van der Waals surface area contributed by atoms with Crippen molar-refractivity contribution in [2.75, 3.05) is 0 Å². The first-order valence-electron chi connectivity index (χ1n) is 11.9. The predicted octanol–water partition coefficient (Wildman–Crippen LogP) is 8.80. The van der Waals surface area contributed by atoms with E-state index >= 15 is 0 Å². The molecule has 2 aromatic heterocycles. The van der Waals surface area contributed by atoms with E-state index in [2.05, 4.69) is 65.0 Å². The van der Waals surface area contributed by atoms with Crippen LogP contribution in [0.4, 0.5) is 0 Å². The molecule has 2 heterocycles. The fourth-order valence-corrected chi connectivity index (χ4v) is 5.08. The summed E-state index contributed by atoms with van der Waals surface area (Å²) in [6.45, 7) is 12.6. The molecule has 4 aromatic rings. The molecule has 0 unspecified atom stereocenters. The molecule has 172 valence electrons. The molecule has 0 fully saturated rings. The molecule has 0 atom stereocenters. The third-order valence-corrected chi connectivity index (χ3v) is 6.83. The van der Waals surface area contributed by atoms with E-state index < -0.39 is 0 Å². The second kappa shape index (κ2) is 9.35. The number of hydrogen-bond donors (Lipinski definition) is 1. The maximum absolute atomic E-state index is 11.2. The van der Waals surface area contributed by atoms with E-state index in [0.717, 1.165) is 69.9 Å². The van der Waals surface area contributed by atoms with Gasteiger partial charge in [-0.05, 0) is 112 Å². The van der Waals surface area contributed by atoms with Gasteiger partial charge in [0, 0.05) is 16.3 Å². The van der Waals surface area contributed by atoms with Crippen LogP contribution in [0, 0.1) is 27.7 Å². The Morgan fingerprint density at radius 2 is 1.39 bits per heavy atom. The molecule has 0 amide bonds. The summed E-state index contributed by atoms with van der Waals surface area (Å²) in [7, 11) is 0. The minimum Gasteiger partial charge on any atom is -0.504 e. The molecule has 3 nitrogen and oxygen atoms in total. The van der Waals surface area contributed by atoms with E-state index in [4.69, 9.17) is 8.83 Å². The lowest BCUT2D eigenvalue weighted by Gasteiger charge is -2.20. The molecular formula is C30H34O3. The highest BCUT2D eigenvalue weighted by molar-refractivity contribution is 6.10. The lowest BCUT2D eigenvalue weighted by Crippen LogP contribution is -2.00. The van der Waals surface area contributed by atoms with E-state index in [1.54, 1.807) is 6.26 Å². The summed E-state index contributed by atoms with van der Waals surface area (Å²) in [6, 6.07) is 2.20. The Balaban J connectivity index is 2.10. The van der Waals surface area contributed by atoms with Gasteiger partial charge in [-0.15, -0.1) is 0 Å². The number of aromatic hydroxyl groups is 1. The second-order valence-electron chi connectivity index (χ2n) is 8.99. The molecule has 4 rings (SSSR count). The van der Waals surface area contributed by atoms with Crippen LogP contribution in [0.5, 0.6) is 5.75 Å². The van der Waals surface area contributed by atoms with Crippen molar-refractivity contribution in [3.63, 3.8) is 0 Å². The van der Waals surface area contributed by atoms with Crippen LogP contribution in [-0.4, -0.2) is 5.11 Å². The molecule has 0 aliphatic carbocycles. The molecule has 1 N–H and O–H groups in total. The van der Waals surface area contributed by atoms with Crippen LogP contribution >= 0.6 is 0 Å². The molecule has 3 heteroatoms. The van der Waals surface area contributed by atoms with Crippen LogP contribution in [0.25, 0.3) is 33.1 Å². The lowest BCUT2D eigenvalue weighted by molar-refractivity contribution is 0.458. The average molecular weight is 443 g/mol. The number of furan rings is 2. The molecular weight excluding hydrogens is 408 g/mol. The summed E-state index contributed by atoms with van der Waals surface area (Å²) < 4.78 is 11.9. The van der Waals surface area contributed by atoms with E-state index in [9.17, 15) is 5.11 Å². The second-order valence-corrected chi connectivity index (χ2v) is 8.99. The summed E-state index contributed by atoms with van der Waals surface area (Å²) in [6.07, 6.45) is 15.7. The first-order valence-corrected chi connectivity index (χ1v) is 11.9. The molecule has 0 radical (unpaired) electrons. The van der Waals surface area contributed by atoms with E-state index in [0.29, 0.717) is 5.58 Å². The Bertz CT molecular complexity index is 1380. The van der Waals surface area contributed by atoms with Gasteiger partial charge in [-0.25, -0.2) is 0 Å². The third-order valence-electron chi connectivity index (χ3n) is 6.83. The minimum absolute atomic E-state index is 0.269. The average Bonchev–Trinajstić information content (AvgIpc) is 3.35. The van der Waals surface area contributed by atoms with Crippen molar-refractivity contribution in [1.29, 1.82) is 0 Å². The van der Waals surface area contributed by atoms with Crippen LogP contribution in [0.15, 0.2) is 51.7 Å². The number of allylic oxidation sites excluding steroid dienone is 4. The zero-order valence-electron chi connectivity index (χ0n) is 20.6. The van der Waals surface area contributed by atoms with Gasteiger partial charge in [0.25, 0.3) is 0 Å². The number of hydrogen-bond acceptors (Lipinski definition) is 3. The Morgan fingerprint density at radius 3 is 2.09 bits per heavy atom.